The van der Waals surface area contributed by atoms with E-state index < -0.39 is 0 Å². The number of methoxy groups -OCH3 is 1. The number of aromatic nitrogens is 1. The molecule has 2 aromatic rings. The number of phenolic OH excluding ortho intramolecular Hbond substituents is 1. The van der Waals surface area contributed by atoms with Gasteiger partial charge in [-0.1, -0.05) is 11.6 Å². The number of phenols is 1. The average Bonchev–Trinajstić information content (AvgIpc) is 3.12. The molecule has 1 aromatic carbocycles. The van der Waals surface area contributed by atoms with E-state index in [-0.39, 0.29) is 23.7 Å². The number of piperidine rings is 1. The van der Waals surface area contributed by atoms with Crippen molar-refractivity contribution >= 4 is 11.9 Å². The predicted molar refractivity (Wildman–Crippen MR) is 92.8 cm³/mol. The minimum atomic E-state index is -0.354. The highest BCUT2D eigenvalue weighted by Crippen LogP contribution is 2.27. The Kier molecular flexibility index (Phi) is 4.79. The summed E-state index contributed by atoms with van der Waals surface area (Å²) in [6, 6.07) is 8.77. The van der Waals surface area contributed by atoms with Crippen molar-refractivity contribution in [2.45, 2.75) is 25.8 Å². The van der Waals surface area contributed by atoms with Gasteiger partial charge in [0.1, 0.15) is 11.4 Å². The number of benzene rings is 1. The lowest BCUT2D eigenvalue weighted by atomic mass is 10.0. The molecule has 1 N–H and O–H groups in total. The Morgan fingerprint density at radius 1 is 1.20 bits per heavy atom. The first-order valence-electron chi connectivity index (χ1n) is 8.35. The number of hydrogen-bond donors (Lipinski definition) is 1. The molecule has 0 aliphatic carbocycles. The third-order valence-electron chi connectivity index (χ3n) is 4.70. The second kappa shape index (κ2) is 7.01. The molecule has 3 rings (SSSR count). The number of esters is 1. The Labute approximate surface area is 146 Å². The molecule has 1 aliphatic rings. The van der Waals surface area contributed by atoms with Gasteiger partial charge in [0.2, 0.25) is 0 Å². The van der Waals surface area contributed by atoms with Gasteiger partial charge in [-0.3, -0.25) is 4.79 Å². The fraction of sp³-hybridized carbons (Fsp3) is 0.368. The van der Waals surface area contributed by atoms with Gasteiger partial charge < -0.3 is 19.3 Å². The van der Waals surface area contributed by atoms with Gasteiger partial charge in [-0.05, 0) is 44.0 Å². The summed E-state index contributed by atoms with van der Waals surface area (Å²) in [5.74, 6) is -0.496. The summed E-state index contributed by atoms with van der Waals surface area (Å²) in [6.07, 6.45) is 3.37. The first-order chi connectivity index (χ1) is 12.0. The number of aryl methyl sites for hydroxylation is 1. The lowest BCUT2D eigenvalue weighted by Gasteiger charge is -2.33. The number of amides is 1. The molecule has 6 heteroatoms. The Morgan fingerprint density at radius 2 is 1.92 bits per heavy atom. The standard InChI is InChI=1S/C19H22N2O4/c1-13-5-6-17(22)15(12-13)18(23)20-10-7-14(8-11-20)21-9-3-4-16(21)19(24)25-2/h3-6,9,12,14,22H,7-8,10-11H2,1-2H3. The Morgan fingerprint density at radius 3 is 2.60 bits per heavy atom. The number of carbonyl (C=O) groups excluding carboxylic acids is 2. The lowest BCUT2D eigenvalue weighted by Crippen LogP contribution is -2.39. The van der Waals surface area contributed by atoms with E-state index in [1.54, 1.807) is 29.2 Å². The van der Waals surface area contributed by atoms with E-state index in [0.717, 1.165) is 18.4 Å². The van der Waals surface area contributed by atoms with Crippen LogP contribution < -0.4 is 0 Å². The molecule has 1 saturated heterocycles. The average molecular weight is 342 g/mol. The maximum Gasteiger partial charge on any atom is 0.354 e. The Hall–Kier alpha value is -2.76. The highest BCUT2D eigenvalue weighted by atomic mass is 16.5. The highest BCUT2D eigenvalue weighted by molar-refractivity contribution is 5.97. The van der Waals surface area contributed by atoms with E-state index in [2.05, 4.69) is 0 Å². The zero-order valence-electron chi connectivity index (χ0n) is 14.4. The number of rotatable bonds is 3. The van der Waals surface area contributed by atoms with Gasteiger partial charge in [0.25, 0.3) is 5.91 Å². The van der Waals surface area contributed by atoms with Crippen LogP contribution >= 0.6 is 0 Å². The van der Waals surface area contributed by atoms with E-state index in [4.69, 9.17) is 4.74 Å². The van der Waals surface area contributed by atoms with Crippen molar-refractivity contribution in [1.29, 1.82) is 0 Å². The Balaban J connectivity index is 1.70. The van der Waals surface area contributed by atoms with Crippen molar-refractivity contribution in [2.24, 2.45) is 0 Å². The van der Waals surface area contributed by atoms with Crippen LogP contribution in [0.3, 0.4) is 0 Å². The zero-order chi connectivity index (χ0) is 18.0. The smallest absolute Gasteiger partial charge is 0.354 e. The molecule has 0 radical (unpaired) electrons. The summed E-state index contributed by atoms with van der Waals surface area (Å²) in [6.45, 7) is 3.05. The topological polar surface area (TPSA) is 71.8 Å². The molecule has 0 unspecified atom stereocenters. The molecule has 1 aromatic heterocycles. The third kappa shape index (κ3) is 3.38. The predicted octanol–water partition coefficient (Wildman–Crippen LogP) is 2.77. The molecule has 2 heterocycles. The fourth-order valence-corrected chi connectivity index (χ4v) is 3.33. The second-order valence-electron chi connectivity index (χ2n) is 6.34. The SMILES string of the molecule is COC(=O)c1cccn1C1CCN(C(=O)c2cc(C)ccc2O)CC1. The molecule has 1 fully saturated rings. The van der Waals surface area contributed by atoms with Gasteiger partial charge >= 0.3 is 5.97 Å². The van der Waals surface area contributed by atoms with E-state index in [1.165, 1.54) is 7.11 Å². The van der Waals surface area contributed by atoms with Gasteiger partial charge in [0.05, 0.1) is 12.7 Å². The summed E-state index contributed by atoms with van der Waals surface area (Å²) in [5, 5.41) is 9.96. The Bertz CT molecular complexity index is 788. The van der Waals surface area contributed by atoms with Gasteiger partial charge in [0, 0.05) is 25.3 Å². The van der Waals surface area contributed by atoms with Crippen molar-refractivity contribution in [3.05, 3.63) is 53.3 Å². The number of nitrogens with zero attached hydrogens (tertiary/aromatic N) is 2. The molecule has 6 nitrogen and oxygen atoms in total. The van der Waals surface area contributed by atoms with Gasteiger partial charge in [-0.2, -0.15) is 0 Å². The van der Waals surface area contributed by atoms with Crippen LogP contribution in [-0.4, -0.2) is 46.6 Å². The monoisotopic (exact) mass is 342 g/mol. The van der Waals surface area contributed by atoms with Crippen LogP contribution in [0.4, 0.5) is 0 Å². The molecule has 0 spiro atoms. The maximum absolute atomic E-state index is 12.7. The van der Waals surface area contributed by atoms with Crippen LogP contribution in [0.15, 0.2) is 36.5 Å². The number of carbonyl (C=O) groups is 2. The van der Waals surface area contributed by atoms with Gasteiger partial charge in [0.15, 0.2) is 0 Å². The first kappa shape index (κ1) is 17.1. The summed E-state index contributed by atoms with van der Waals surface area (Å²) in [7, 11) is 1.37. The van der Waals surface area contributed by atoms with Crippen molar-refractivity contribution < 1.29 is 19.4 Å². The molecular weight excluding hydrogens is 320 g/mol. The number of aromatic hydroxyl groups is 1. The number of ether oxygens (including phenoxy) is 1. The van der Waals surface area contributed by atoms with Crippen molar-refractivity contribution in [3.63, 3.8) is 0 Å². The van der Waals surface area contributed by atoms with Gasteiger partial charge in [-0.15, -0.1) is 0 Å². The summed E-state index contributed by atoms with van der Waals surface area (Å²) in [4.78, 5) is 26.3. The zero-order valence-corrected chi connectivity index (χ0v) is 14.4. The lowest BCUT2D eigenvalue weighted by molar-refractivity contribution is 0.0573. The molecule has 0 atom stereocenters. The largest absolute Gasteiger partial charge is 0.507 e. The van der Waals surface area contributed by atoms with Crippen molar-refractivity contribution in [1.82, 2.24) is 9.47 Å². The van der Waals surface area contributed by atoms with E-state index in [9.17, 15) is 14.7 Å². The molecule has 1 aliphatic heterocycles. The fourth-order valence-electron chi connectivity index (χ4n) is 3.33. The minimum Gasteiger partial charge on any atom is -0.507 e. The number of hydrogen-bond acceptors (Lipinski definition) is 4. The first-order valence-corrected chi connectivity index (χ1v) is 8.35. The highest BCUT2D eigenvalue weighted by Gasteiger charge is 2.27. The molecular formula is C19H22N2O4. The van der Waals surface area contributed by atoms with Crippen molar-refractivity contribution in [3.8, 4) is 5.75 Å². The van der Waals surface area contributed by atoms with E-state index in [0.29, 0.717) is 24.3 Å². The van der Waals surface area contributed by atoms with E-state index >= 15 is 0 Å². The molecule has 1 amide bonds. The quantitative estimate of drug-likeness (QED) is 0.871. The van der Waals surface area contributed by atoms with Crippen molar-refractivity contribution in [2.75, 3.05) is 20.2 Å². The third-order valence-corrected chi connectivity index (χ3v) is 4.70. The molecule has 25 heavy (non-hydrogen) atoms. The van der Waals surface area contributed by atoms with Crippen LogP contribution in [0.5, 0.6) is 5.75 Å². The summed E-state index contributed by atoms with van der Waals surface area (Å²) >= 11 is 0. The molecule has 132 valence electrons. The van der Waals surface area contributed by atoms with Crippen LogP contribution in [0.1, 0.15) is 45.3 Å². The normalized spacial score (nSPS) is 15.2. The van der Waals surface area contributed by atoms with Crippen LogP contribution in [0.2, 0.25) is 0 Å². The summed E-state index contributed by atoms with van der Waals surface area (Å²) in [5.41, 5.74) is 1.81. The number of likely N-dealkylation sites (tertiary alicyclic amines) is 1. The van der Waals surface area contributed by atoms with Crippen LogP contribution in [0, 0.1) is 6.92 Å². The van der Waals surface area contributed by atoms with Crippen LogP contribution in [-0.2, 0) is 4.74 Å². The second-order valence-corrected chi connectivity index (χ2v) is 6.34. The molecule has 0 saturated carbocycles. The van der Waals surface area contributed by atoms with Crippen LogP contribution in [0.25, 0.3) is 0 Å². The summed E-state index contributed by atoms with van der Waals surface area (Å²) < 4.78 is 6.74. The molecule has 0 bridgehead atoms. The maximum atomic E-state index is 12.7. The minimum absolute atomic E-state index is 0.0103. The van der Waals surface area contributed by atoms with Gasteiger partial charge in [-0.25, -0.2) is 4.79 Å². The van der Waals surface area contributed by atoms with E-state index in [1.807, 2.05) is 23.8 Å².